The van der Waals surface area contributed by atoms with Crippen LogP contribution >= 0.6 is 0 Å². The fourth-order valence-corrected chi connectivity index (χ4v) is 3.91. The van der Waals surface area contributed by atoms with Crippen LogP contribution in [0.15, 0.2) is 50.7 Å². The summed E-state index contributed by atoms with van der Waals surface area (Å²) in [6.07, 6.45) is 8.46. The fraction of sp³-hybridized carbons (Fsp3) is 0.480. The van der Waals surface area contributed by atoms with Gasteiger partial charge in [-0.15, -0.1) is 0 Å². The largest absolute Gasteiger partial charge is 0.497 e. The summed E-state index contributed by atoms with van der Waals surface area (Å²) in [6, 6.07) is 5.29. The van der Waals surface area contributed by atoms with E-state index in [1.165, 1.54) is 11.1 Å². The lowest BCUT2D eigenvalue weighted by atomic mass is 9.83. The third-order valence-corrected chi connectivity index (χ3v) is 6.00. The highest BCUT2D eigenvalue weighted by atomic mass is 16.6. The molecule has 1 aromatic heterocycles. The molecular formula is C25H32O4. The monoisotopic (exact) mass is 396 g/mol. The Balaban J connectivity index is 1.77. The van der Waals surface area contributed by atoms with Gasteiger partial charge in [0.15, 0.2) is 5.43 Å². The Kier molecular flexibility index (Phi) is 6.21. The first-order valence-corrected chi connectivity index (χ1v) is 10.4. The van der Waals surface area contributed by atoms with Crippen molar-refractivity contribution < 1.29 is 13.9 Å². The van der Waals surface area contributed by atoms with Gasteiger partial charge in [0.1, 0.15) is 16.9 Å². The number of hydrogen-bond donors (Lipinski definition) is 0. The summed E-state index contributed by atoms with van der Waals surface area (Å²) in [5.74, 6) is 0.984. The van der Waals surface area contributed by atoms with Gasteiger partial charge in [0.05, 0.1) is 18.1 Å². The normalized spacial score (nSPS) is 21.0. The van der Waals surface area contributed by atoms with E-state index < -0.39 is 5.60 Å². The molecule has 0 amide bonds. The van der Waals surface area contributed by atoms with E-state index in [-0.39, 0.29) is 11.3 Å². The summed E-state index contributed by atoms with van der Waals surface area (Å²) >= 11 is 0. The second kappa shape index (κ2) is 8.48. The first kappa shape index (κ1) is 21.2. The molecule has 156 valence electrons. The smallest absolute Gasteiger partial charge is 0.293 e. The van der Waals surface area contributed by atoms with Crippen molar-refractivity contribution in [1.82, 2.24) is 0 Å². The Hall–Kier alpha value is -2.49. The molecule has 2 aromatic rings. The van der Waals surface area contributed by atoms with Gasteiger partial charge >= 0.3 is 0 Å². The van der Waals surface area contributed by atoms with E-state index in [2.05, 4.69) is 46.8 Å². The fourth-order valence-electron chi connectivity index (χ4n) is 3.91. The van der Waals surface area contributed by atoms with E-state index in [1.807, 2.05) is 0 Å². The van der Waals surface area contributed by atoms with Crippen LogP contribution in [0.1, 0.15) is 71.8 Å². The molecule has 0 N–H and O–H groups in total. The van der Waals surface area contributed by atoms with E-state index in [0.29, 0.717) is 28.2 Å². The molecule has 1 aliphatic heterocycles. The third-order valence-electron chi connectivity index (χ3n) is 6.00. The molecule has 0 unspecified atom stereocenters. The summed E-state index contributed by atoms with van der Waals surface area (Å²) in [4.78, 5) is 13.1. The van der Waals surface area contributed by atoms with Crippen LogP contribution in [-0.4, -0.2) is 12.7 Å². The van der Waals surface area contributed by atoms with Crippen LogP contribution in [0.5, 0.6) is 11.7 Å². The molecule has 3 rings (SSSR count). The third kappa shape index (κ3) is 4.42. The molecule has 1 aliphatic rings. The Bertz CT molecular complexity index is 1010. The van der Waals surface area contributed by atoms with Crippen LogP contribution in [0.25, 0.3) is 11.0 Å². The molecule has 0 saturated heterocycles. The molecular weight excluding hydrogens is 364 g/mol. The second-order valence-electron chi connectivity index (χ2n) is 8.54. The van der Waals surface area contributed by atoms with Crippen LogP contribution in [0.4, 0.5) is 0 Å². The summed E-state index contributed by atoms with van der Waals surface area (Å²) in [7, 11) is 1.59. The van der Waals surface area contributed by atoms with Gasteiger partial charge in [-0.3, -0.25) is 4.79 Å². The van der Waals surface area contributed by atoms with Crippen molar-refractivity contribution in [3.05, 3.63) is 57.3 Å². The maximum Gasteiger partial charge on any atom is 0.293 e. The van der Waals surface area contributed by atoms with Gasteiger partial charge in [-0.05, 0) is 65.5 Å². The number of methoxy groups -OCH3 is 1. The number of ether oxygens (including phenoxy) is 2. The molecule has 0 saturated carbocycles. The van der Waals surface area contributed by atoms with Crippen LogP contribution in [0, 0.1) is 0 Å². The molecule has 0 spiro atoms. The summed E-state index contributed by atoms with van der Waals surface area (Å²) in [5, 5.41) is 0.569. The molecule has 29 heavy (non-hydrogen) atoms. The molecule has 2 heterocycles. The maximum absolute atomic E-state index is 13.1. The Morgan fingerprint density at radius 1 is 1.21 bits per heavy atom. The predicted octanol–water partition coefficient (Wildman–Crippen LogP) is 6.53. The molecule has 0 fully saturated rings. The van der Waals surface area contributed by atoms with Gasteiger partial charge in [0.2, 0.25) is 0 Å². The summed E-state index contributed by atoms with van der Waals surface area (Å²) in [6.45, 7) is 10.6. The number of hydrogen-bond acceptors (Lipinski definition) is 4. The highest BCUT2D eigenvalue weighted by Gasteiger charge is 2.45. The van der Waals surface area contributed by atoms with Crippen molar-refractivity contribution in [3.63, 3.8) is 0 Å². The van der Waals surface area contributed by atoms with Gasteiger partial charge in [0.25, 0.3) is 5.95 Å². The minimum Gasteiger partial charge on any atom is -0.497 e. The standard InChI is InChI=1S/C25H32O4/c1-16(2)9-7-10-17(3)11-8-14-25(5)18(4)22-23(26)20-13-12-19(27-6)15-21(20)28-24(22)29-25/h9,11-13,15,18H,7-8,10,14H2,1-6H3/b17-11+/t18-,25+/m0/s1. The predicted molar refractivity (Wildman–Crippen MR) is 118 cm³/mol. The lowest BCUT2D eigenvalue weighted by Crippen LogP contribution is -2.33. The van der Waals surface area contributed by atoms with Crippen molar-refractivity contribution in [3.8, 4) is 11.7 Å². The summed E-state index contributed by atoms with van der Waals surface area (Å²) < 4.78 is 17.4. The molecule has 1 aromatic carbocycles. The quantitative estimate of drug-likeness (QED) is 0.499. The Morgan fingerprint density at radius 2 is 1.97 bits per heavy atom. The average molecular weight is 397 g/mol. The molecule has 0 aliphatic carbocycles. The first-order valence-electron chi connectivity index (χ1n) is 10.4. The lowest BCUT2D eigenvalue weighted by molar-refractivity contribution is 0.0637. The highest BCUT2D eigenvalue weighted by Crippen LogP contribution is 2.46. The van der Waals surface area contributed by atoms with Gasteiger partial charge in [-0.25, -0.2) is 0 Å². The lowest BCUT2D eigenvalue weighted by Gasteiger charge is -2.27. The number of rotatable bonds is 7. The molecule has 4 nitrogen and oxygen atoms in total. The van der Waals surface area contributed by atoms with Crippen LogP contribution in [-0.2, 0) is 0 Å². The first-order chi connectivity index (χ1) is 13.7. The SMILES string of the molecule is COc1ccc2c(=O)c3c(oc2c1)O[C@](C)(CC/C=C(\C)CCC=C(C)C)[C@H]3C. The molecule has 4 heteroatoms. The molecule has 0 radical (unpaired) electrons. The van der Waals surface area contributed by atoms with Crippen molar-refractivity contribution in [1.29, 1.82) is 0 Å². The van der Waals surface area contributed by atoms with E-state index in [0.717, 1.165) is 25.7 Å². The van der Waals surface area contributed by atoms with E-state index in [9.17, 15) is 4.79 Å². The average Bonchev–Trinajstić information content (AvgIpc) is 2.91. The molecule has 0 bridgehead atoms. The topological polar surface area (TPSA) is 48.7 Å². The summed E-state index contributed by atoms with van der Waals surface area (Å²) in [5.41, 5.74) is 3.44. The minimum absolute atomic E-state index is 0.00595. The van der Waals surface area contributed by atoms with Gasteiger partial charge < -0.3 is 13.9 Å². The Labute approximate surface area is 173 Å². The van der Waals surface area contributed by atoms with Crippen molar-refractivity contribution >= 4 is 11.0 Å². The number of benzene rings is 1. The van der Waals surface area contributed by atoms with Crippen LogP contribution in [0.3, 0.4) is 0 Å². The van der Waals surface area contributed by atoms with E-state index in [4.69, 9.17) is 13.9 Å². The van der Waals surface area contributed by atoms with E-state index >= 15 is 0 Å². The number of fused-ring (bicyclic) bond motifs is 2. The highest BCUT2D eigenvalue weighted by molar-refractivity contribution is 5.79. The van der Waals surface area contributed by atoms with Crippen molar-refractivity contribution in [2.75, 3.05) is 7.11 Å². The van der Waals surface area contributed by atoms with Crippen molar-refractivity contribution in [2.24, 2.45) is 0 Å². The minimum atomic E-state index is -0.455. The molecule has 2 atom stereocenters. The van der Waals surface area contributed by atoms with Crippen LogP contribution < -0.4 is 14.9 Å². The van der Waals surface area contributed by atoms with Crippen molar-refractivity contribution in [2.45, 2.75) is 71.8 Å². The Morgan fingerprint density at radius 3 is 2.66 bits per heavy atom. The van der Waals surface area contributed by atoms with Gasteiger partial charge in [-0.1, -0.05) is 30.2 Å². The number of allylic oxidation sites excluding steroid dienone is 4. The zero-order valence-corrected chi connectivity index (χ0v) is 18.4. The van der Waals surface area contributed by atoms with Crippen LogP contribution in [0.2, 0.25) is 0 Å². The zero-order chi connectivity index (χ0) is 21.2. The second-order valence-corrected chi connectivity index (χ2v) is 8.54. The zero-order valence-electron chi connectivity index (χ0n) is 18.4. The maximum atomic E-state index is 13.1. The van der Waals surface area contributed by atoms with E-state index in [1.54, 1.807) is 25.3 Å². The van der Waals surface area contributed by atoms with Gasteiger partial charge in [0, 0.05) is 12.0 Å². The van der Waals surface area contributed by atoms with Gasteiger partial charge in [-0.2, -0.15) is 0 Å².